The van der Waals surface area contributed by atoms with Crippen molar-refractivity contribution in [2.45, 2.75) is 91.5 Å². The first-order chi connectivity index (χ1) is 12.2. The van der Waals surface area contributed by atoms with Crippen LogP contribution in [-0.2, 0) is 14.0 Å². The molecule has 0 aromatic carbocycles. The fraction of sp³-hybridized carbons (Fsp3) is 0.833. The van der Waals surface area contributed by atoms with Crippen molar-refractivity contribution in [3.05, 3.63) is 11.7 Å². The van der Waals surface area contributed by atoms with Crippen molar-refractivity contribution < 1.29 is 24.3 Å². The standard InChI is InChI=1S/C18H32BNO4/c1-12-10-14(19-23-17(6,7)18(8,9)24-19)11-20(13(12)2)15(21)22-16(3,4)5/h11-13H,10H2,1-9H3/i10D2,12D,13D. The zero-order chi connectivity index (χ0) is 22.1. The lowest BCUT2D eigenvalue weighted by atomic mass is 9.71. The highest BCUT2D eigenvalue weighted by Gasteiger charge is 2.53. The summed E-state index contributed by atoms with van der Waals surface area (Å²) in [5, 5.41) is 0. The van der Waals surface area contributed by atoms with E-state index in [0.29, 0.717) is 0 Å². The molecule has 2 aliphatic rings. The summed E-state index contributed by atoms with van der Waals surface area (Å²) in [6.07, 6.45) is -1.89. The molecular weight excluding hydrogens is 305 g/mol. The van der Waals surface area contributed by atoms with Gasteiger partial charge in [0.25, 0.3) is 0 Å². The Morgan fingerprint density at radius 2 is 1.83 bits per heavy atom. The van der Waals surface area contributed by atoms with E-state index in [1.807, 2.05) is 27.7 Å². The minimum atomic E-state index is -2.29. The van der Waals surface area contributed by atoms with E-state index in [4.69, 9.17) is 19.5 Å². The third kappa shape index (κ3) is 3.80. The average Bonchev–Trinajstić information content (AvgIpc) is 2.63. The summed E-state index contributed by atoms with van der Waals surface area (Å²) in [5.74, 6) is -2.02. The second kappa shape index (κ2) is 6.06. The lowest BCUT2D eigenvalue weighted by Crippen LogP contribution is -2.45. The fourth-order valence-corrected chi connectivity index (χ4v) is 2.35. The average molecular weight is 341 g/mol. The first kappa shape index (κ1) is 14.2. The van der Waals surface area contributed by atoms with Gasteiger partial charge in [-0.3, -0.25) is 4.90 Å². The predicted molar refractivity (Wildman–Crippen MR) is 95.5 cm³/mol. The SMILES string of the molecule is [2H]C1([2H])C(B2OC(C)(C)C(C)(C)O2)=CN(C(=O)OC(C)(C)C)C([2H])(C)C1([2H])C. The van der Waals surface area contributed by atoms with Crippen molar-refractivity contribution in [3.8, 4) is 0 Å². The summed E-state index contributed by atoms with van der Waals surface area (Å²) >= 11 is 0. The smallest absolute Gasteiger partial charge is 0.443 e. The van der Waals surface area contributed by atoms with Gasteiger partial charge in [-0.15, -0.1) is 0 Å². The van der Waals surface area contributed by atoms with E-state index in [1.54, 1.807) is 20.8 Å². The van der Waals surface area contributed by atoms with Crippen LogP contribution in [0.5, 0.6) is 0 Å². The molecular formula is C18H32BNO4. The van der Waals surface area contributed by atoms with Gasteiger partial charge in [0.05, 0.1) is 12.6 Å². The molecule has 136 valence electrons. The molecule has 2 atom stereocenters. The fourth-order valence-electron chi connectivity index (χ4n) is 2.35. The summed E-state index contributed by atoms with van der Waals surface area (Å²) in [6, 6.07) is -1.92. The Kier molecular flexibility index (Phi) is 3.58. The molecule has 1 fully saturated rings. The van der Waals surface area contributed by atoms with Gasteiger partial charge >= 0.3 is 13.2 Å². The number of carbonyl (C=O) groups excluding carboxylic acids is 1. The molecule has 0 saturated carbocycles. The Bertz CT molecular complexity index is 682. The van der Waals surface area contributed by atoms with Crippen molar-refractivity contribution in [3.63, 3.8) is 0 Å². The van der Waals surface area contributed by atoms with Crippen LogP contribution >= 0.6 is 0 Å². The van der Waals surface area contributed by atoms with Crippen molar-refractivity contribution in [1.29, 1.82) is 0 Å². The Morgan fingerprint density at radius 3 is 2.29 bits per heavy atom. The van der Waals surface area contributed by atoms with Crippen LogP contribution in [0.15, 0.2) is 11.7 Å². The normalized spacial score (nSPS) is 40.1. The van der Waals surface area contributed by atoms with E-state index in [9.17, 15) is 4.79 Å². The first-order valence-electron chi connectivity index (χ1n) is 10.3. The topological polar surface area (TPSA) is 48.0 Å². The number of hydrogen-bond acceptors (Lipinski definition) is 4. The van der Waals surface area contributed by atoms with Crippen LogP contribution < -0.4 is 0 Å². The summed E-state index contributed by atoms with van der Waals surface area (Å²) < 4.78 is 52.0. The summed E-state index contributed by atoms with van der Waals surface area (Å²) in [4.78, 5) is 13.8. The van der Waals surface area contributed by atoms with Gasteiger partial charge in [-0.05, 0) is 73.1 Å². The maximum absolute atomic E-state index is 12.8. The van der Waals surface area contributed by atoms with E-state index in [1.165, 1.54) is 20.0 Å². The highest BCUT2D eigenvalue weighted by atomic mass is 16.7. The zero-order valence-corrected chi connectivity index (χ0v) is 16.2. The van der Waals surface area contributed by atoms with Crippen molar-refractivity contribution >= 4 is 13.2 Å². The third-order valence-electron chi connectivity index (χ3n) is 4.60. The number of amides is 1. The Balaban J connectivity index is 2.58. The van der Waals surface area contributed by atoms with Gasteiger partial charge in [0.1, 0.15) is 5.60 Å². The van der Waals surface area contributed by atoms with Gasteiger partial charge in [0.2, 0.25) is 0 Å². The van der Waals surface area contributed by atoms with Crippen LogP contribution in [0.3, 0.4) is 0 Å². The molecule has 0 radical (unpaired) electrons. The van der Waals surface area contributed by atoms with Crippen LogP contribution in [0.2, 0.25) is 0 Å². The van der Waals surface area contributed by atoms with Crippen LogP contribution in [0.4, 0.5) is 4.79 Å². The van der Waals surface area contributed by atoms with Crippen LogP contribution in [0, 0.1) is 5.89 Å². The quantitative estimate of drug-likeness (QED) is 0.672. The molecule has 1 amide bonds. The minimum absolute atomic E-state index is 0.0146. The highest BCUT2D eigenvalue weighted by molar-refractivity contribution is 6.54. The number of carbonyl (C=O) groups is 1. The molecule has 2 unspecified atom stereocenters. The van der Waals surface area contributed by atoms with Gasteiger partial charge in [-0.2, -0.15) is 0 Å². The van der Waals surface area contributed by atoms with Gasteiger partial charge in [0.15, 0.2) is 0 Å². The second-order valence-electron chi connectivity index (χ2n) is 8.36. The van der Waals surface area contributed by atoms with E-state index < -0.39 is 48.3 Å². The molecule has 0 aliphatic carbocycles. The molecule has 2 heterocycles. The molecule has 2 aliphatic heterocycles. The van der Waals surface area contributed by atoms with Crippen LogP contribution in [-0.4, -0.2) is 40.9 Å². The van der Waals surface area contributed by atoms with Gasteiger partial charge in [-0.1, -0.05) is 6.92 Å². The molecule has 0 N–H and O–H groups in total. The van der Waals surface area contributed by atoms with Crippen LogP contribution in [0.25, 0.3) is 0 Å². The molecule has 0 aromatic rings. The minimum Gasteiger partial charge on any atom is -0.443 e. The predicted octanol–water partition coefficient (Wildman–Crippen LogP) is 4.17. The molecule has 0 spiro atoms. The van der Waals surface area contributed by atoms with Crippen LogP contribution in [0.1, 0.15) is 74.2 Å². The molecule has 24 heavy (non-hydrogen) atoms. The van der Waals surface area contributed by atoms with E-state index >= 15 is 0 Å². The molecule has 0 bridgehead atoms. The van der Waals surface area contributed by atoms with E-state index in [-0.39, 0.29) is 5.47 Å². The van der Waals surface area contributed by atoms with E-state index in [2.05, 4.69) is 0 Å². The van der Waals surface area contributed by atoms with Crippen molar-refractivity contribution in [2.24, 2.45) is 5.89 Å². The Labute approximate surface area is 152 Å². The number of hydrogen-bond donors (Lipinski definition) is 0. The zero-order valence-electron chi connectivity index (χ0n) is 20.2. The number of nitrogens with zero attached hydrogens (tertiary/aromatic N) is 1. The molecule has 5 nitrogen and oxygen atoms in total. The Morgan fingerprint density at radius 1 is 1.33 bits per heavy atom. The summed E-state index contributed by atoms with van der Waals surface area (Å²) in [5.41, 5.74) is -2.25. The molecule has 0 aromatic heterocycles. The second-order valence-corrected chi connectivity index (χ2v) is 8.36. The first-order valence-corrected chi connectivity index (χ1v) is 8.27. The summed E-state index contributed by atoms with van der Waals surface area (Å²) in [7, 11) is -1.09. The maximum atomic E-state index is 12.8. The third-order valence-corrected chi connectivity index (χ3v) is 4.60. The van der Waals surface area contributed by atoms with Crippen molar-refractivity contribution in [1.82, 2.24) is 4.90 Å². The number of allylic oxidation sites excluding steroid dienone is 1. The number of rotatable bonds is 1. The van der Waals surface area contributed by atoms with E-state index in [0.717, 1.165) is 4.90 Å². The molecule has 1 saturated heterocycles. The lowest BCUT2D eigenvalue weighted by Gasteiger charge is -2.37. The maximum Gasteiger partial charge on any atom is 0.492 e. The molecule has 6 heteroatoms. The Hall–Kier alpha value is -1.01. The largest absolute Gasteiger partial charge is 0.492 e. The monoisotopic (exact) mass is 341 g/mol. The van der Waals surface area contributed by atoms with Crippen molar-refractivity contribution in [2.75, 3.05) is 0 Å². The van der Waals surface area contributed by atoms with Gasteiger partial charge in [0, 0.05) is 16.3 Å². The number of ether oxygens (including phenoxy) is 1. The lowest BCUT2D eigenvalue weighted by molar-refractivity contribution is 0.00578. The highest BCUT2D eigenvalue weighted by Crippen LogP contribution is 2.41. The van der Waals surface area contributed by atoms with Gasteiger partial charge < -0.3 is 14.0 Å². The van der Waals surface area contributed by atoms with Gasteiger partial charge in [-0.25, -0.2) is 4.79 Å². The summed E-state index contributed by atoms with van der Waals surface area (Å²) in [6.45, 7) is 15.1. The molecule has 2 rings (SSSR count).